The molecule has 1 aliphatic rings. The molecule has 1 aliphatic carbocycles. The lowest BCUT2D eigenvalue weighted by atomic mass is 9.92. The molecule has 1 fully saturated rings. The van der Waals surface area contributed by atoms with Gasteiger partial charge in [-0.2, -0.15) is 5.10 Å². The van der Waals surface area contributed by atoms with E-state index in [-0.39, 0.29) is 6.04 Å². The van der Waals surface area contributed by atoms with Crippen molar-refractivity contribution in [2.24, 2.45) is 0 Å². The Hall–Kier alpha value is -1.16. The normalized spacial score (nSPS) is 17.0. The summed E-state index contributed by atoms with van der Waals surface area (Å²) in [6.07, 6.45) is 3.28. The summed E-state index contributed by atoms with van der Waals surface area (Å²) < 4.78 is 2.97. The Bertz CT molecular complexity index is 539. The van der Waals surface area contributed by atoms with E-state index in [1.54, 1.807) is 0 Å². The van der Waals surface area contributed by atoms with E-state index < -0.39 is 0 Å². The van der Waals surface area contributed by atoms with Crippen LogP contribution >= 0.6 is 15.9 Å². The van der Waals surface area contributed by atoms with Gasteiger partial charge >= 0.3 is 0 Å². The fourth-order valence-electron chi connectivity index (χ4n) is 1.86. The molecular formula is C11H9BrN2O. The highest BCUT2D eigenvalue weighted by atomic mass is 79.9. The van der Waals surface area contributed by atoms with Gasteiger partial charge in [-0.1, -0.05) is 15.9 Å². The van der Waals surface area contributed by atoms with Crippen LogP contribution in [-0.2, 0) is 4.79 Å². The van der Waals surface area contributed by atoms with E-state index in [9.17, 15) is 4.79 Å². The monoisotopic (exact) mass is 264 g/mol. The van der Waals surface area contributed by atoms with Crippen LogP contribution in [0.15, 0.2) is 28.9 Å². The number of fused-ring (bicyclic) bond motifs is 1. The molecule has 2 aromatic rings. The molecule has 76 valence electrons. The molecule has 0 amide bonds. The minimum Gasteiger partial charge on any atom is -0.300 e. The van der Waals surface area contributed by atoms with Crippen molar-refractivity contribution < 1.29 is 4.79 Å². The van der Waals surface area contributed by atoms with Gasteiger partial charge in [0.2, 0.25) is 0 Å². The summed E-state index contributed by atoms with van der Waals surface area (Å²) in [5.74, 6) is 0.334. The number of carbonyl (C=O) groups excluding carboxylic acids is 1. The smallest absolute Gasteiger partial charge is 0.137 e. The van der Waals surface area contributed by atoms with Gasteiger partial charge in [0.15, 0.2) is 0 Å². The van der Waals surface area contributed by atoms with Gasteiger partial charge in [0, 0.05) is 28.9 Å². The molecule has 1 aromatic heterocycles. The fraction of sp³-hybridized carbons (Fsp3) is 0.273. The molecule has 0 atom stereocenters. The zero-order valence-electron chi connectivity index (χ0n) is 7.98. The first kappa shape index (κ1) is 9.09. The van der Waals surface area contributed by atoms with Gasteiger partial charge in [-0.25, -0.2) is 0 Å². The van der Waals surface area contributed by atoms with Gasteiger partial charge in [-0.05, 0) is 18.2 Å². The lowest BCUT2D eigenvalue weighted by molar-refractivity contribution is -0.126. The maximum Gasteiger partial charge on any atom is 0.137 e. The molecule has 3 nitrogen and oxygen atoms in total. The number of Topliss-reactive ketones (excluding diaryl/α,β-unsaturated/α-hetero) is 1. The zero-order valence-corrected chi connectivity index (χ0v) is 9.57. The lowest BCUT2D eigenvalue weighted by Gasteiger charge is -2.23. The molecule has 15 heavy (non-hydrogen) atoms. The second-order valence-corrected chi connectivity index (χ2v) is 4.83. The van der Waals surface area contributed by atoms with E-state index in [0.717, 1.165) is 15.4 Å². The summed E-state index contributed by atoms with van der Waals surface area (Å²) in [6, 6.07) is 6.28. The zero-order chi connectivity index (χ0) is 10.4. The van der Waals surface area contributed by atoms with Crippen LogP contribution in [-0.4, -0.2) is 15.6 Å². The van der Waals surface area contributed by atoms with Crippen molar-refractivity contribution in [2.75, 3.05) is 0 Å². The van der Waals surface area contributed by atoms with E-state index in [4.69, 9.17) is 0 Å². The van der Waals surface area contributed by atoms with Crippen LogP contribution < -0.4 is 0 Å². The van der Waals surface area contributed by atoms with Gasteiger partial charge in [-0.3, -0.25) is 9.48 Å². The number of hydrogen-bond donors (Lipinski definition) is 0. The third kappa shape index (κ3) is 1.49. The summed E-state index contributed by atoms with van der Waals surface area (Å²) >= 11 is 3.43. The molecule has 0 aliphatic heterocycles. The average Bonchev–Trinajstić information content (AvgIpc) is 2.55. The van der Waals surface area contributed by atoms with Gasteiger partial charge < -0.3 is 0 Å². The minimum atomic E-state index is 0.281. The second kappa shape index (κ2) is 3.17. The molecule has 0 bridgehead atoms. The van der Waals surface area contributed by atoms with E-state index in [2.05, 4.69) is 21.0 Å². The summed E-state index contributed by atoms with van der Waals surface area (Å²) in [6.45, 7) is 0. The Morgan fingerprint density at radius 2 is 2.20 bits per heavy atom. The van der Waals surface area contributed by atoms with E-state index in [1.165, 1.54) is 0 Å². The van der Waals surface area contributed by atoms with Crippen LogP contribution in [0.2, 0.25) is 0 Å². The summed E-state index contributed by atoms with van der Waals surface area (Å²) in [7, 11) is 0. The molecule has 4 heteroatoms. The first-order valence-corrected chi connectivity index (χ1v) is 5.68. The average molecular weight is 265 g/mol. The predicted molar refractivity (Wildman–Crippen MR) is 60.7 cm³/mol. The summed E-state index contributed by atoms with van der Waals surface area (Å²) in [5, 5.41) is 5.57. The molecule has 0 saturated heterocycles. The lowest BCUT2D eigenvalue weighted by Crippen LogP contribution is -2.26. The number of nitrogens with zero attached hydrogens (tertiary/aromatic N) is 2. The highest BCUT2D eigenvalue weighted by Gasteiger charge is 2.28. The summed E-state index contributed by atoms with van der Waals surface area (Å²) in [5.41, 5.74) is 0.984. The van der Waals surface area contributed by atoms with Crippen LogP contribution in [0.25, 0.3) is 10.9 Å². The van der Waals surface area contributed by atoms with Crippen molar-refractivity contribution in [1.29, 1.82) is 0 Å². The third-order valence-corrected chi connectivity index (χ3v) is 3.28. The number of aromatic nitrogens is 2. The molecule has 3 rings (SSSR count). The first-order valence-electron chi connectivity index (χ1n) is 4.88. The van der Waals surface area contributed by atoms with Gasteiger partial charge in [0.25, 0.3) is 0 Å². The maximum atomic E-state index is 10.9. The standard InChI is InChI=1S/C11H9BrN2O/c12-8-1-2-11-7(3-8)6-14(13-11)9-4-10(15)5-9/h1-3,6,9H,4-5H2. The minimum absolute atomic E-state index is 0.281. The van der Waals surface area contributed by atoms with Crippen molar-refractivity contribution in [1.82, 2.24) is 9.78 Å². The maximum absolute atomic E-state index is 10.9. The highest BCUT2D eigenvalue weighted by Crippen LogP contribution is 2.29. The second-order valence-electron chi connectivity index (χ2n) is 3.91. The number of benzene rings is 1. The third-order valence-electron chi connectivity index (χ3n) is 2.78. The van der Waals surface area contributed by atoms with Crippen LogP contribution in [0.4, 0.5) is 0 Å². The predicted octanol–water partition coefficient (Wildman–Crippen LogP) is 2.70. The Morgan fingerprint density at radius 3 is 2.93 bits per heavy atom. The van der Waals surface area contributed by atoms with E-state index >= 15 is 0 Å². The van der Waals surface area contributed by atoms with Crippen molar-refractivity contribution in [2.45, 2.75) is 18.9 Å². The van der Waals surface area contributed by atoms with Crippen LogP contribution in [0.5, 0.6) is 0 Å². The van der Waals surface area contributed by atoms with Crippen molar-refractivity contribution in [3.63, 3.8) is 0 Å². The summed E-state index contributed by atoms with van der Waals surface area (Å²) in [4.78, 5) is 10.9. The number of carbonyl (C=O) groups is 1. The number of ketones is 1. The molecule has 0 radical (unpaired) electrons. The van der Waals surface area contributed by atoms with Crippen LogP contribution in [0, 0.1) is 0 Å². The van der Waals surface area contributed by atoms with Crippen molar-refractivity contribution in [3.05, 3.63) is 28.9 Å². The Balaban J connectivity index is 2.03. The first-order chi connectivity index (χ1) is 7.22. The molecule has 0 N–H and O–H groups in total. The molecule has 1 saturated carbocycles. The number of hydrogen-bond acceptors (Lipinski definition) is 2. The van der Waals surface area contributed by atoms with Gasteiger partial charge in [0.1, 0.15) is 5.78 Å². The number of halogens is 1. The fourth-order valence-corrected chi connectivity index (χ4v) is 2.23. The Morgan fingerprint density at radius 1 is 1.40 bits per heavy atom. The molecule has 0 spiro atoms. The van der Waals surface area contributed by atoms with Gasteiger partial charge in [0.05, 0.1) is 11.6 Å². The van der Waals surface area contributed by atoms with Gasteiger partial charge in [-0.15, -0.1) is 0 Å². The topological polar surface area (TPSA) is 34.9 Å². The highest BCUT2D eigenvalue weighted by molar-refractivity contribution is 9.10. The Kier molecular flexibility index (Phi) is 1.92. The van der Waals surface area contributed by atoms with E-state index in [0.29, 0.717) is 18.6 Å². The number of rotatable bonds is 1. The van der Waals surface area contributed by atoms with Crippen molar-refractivity contribution in [3.8, 4) is 0 Å². The molecule has 1 aromatic carbocycles. The van der Waals surface area contributed by atoms with Crippen molar-refractivity contribution >= 4 is 32.6 Å². The van der Waals surface area contributed by atoms with Crippen LogP contribution in [0.3, 0.4) is 0 Å². The van der Waals surface area contributed by atoms with E-state index in [1.807, 2.05) is 29.1 Å². The molecule has 0 unspecified atom stereocenters. The van der Waals surface area contributed by atoms with Crippen LogP contribution in [0.1, 0.15) is 18.9 Å². The molecular weight excluding hydrogens is 256 g/mol. The Labute approximate surface area is 95.2 Å². The molecule has 1 heterocycles. The SMILES string of the molecule is O=C1CC(n2cc3cc(Br)ccc3n2)C1. The quantitative estimate of drug-likeness (QED) is 0.794. The largest absolute Gasteiger partial charge is 0.300 e.